The molecule has 0 spiro atoms. The molecule has 0 saturated heterocycles. The number of aryl methyl sites for hydroxylation is 1. The summed E-state index contributed by atoms with van der Waals surface area (Å²) in [4.78, 5) is 15.4. The van der Waals surface area contributed by atoms with Gasteiger partial charge in [0.2, 0.25) is 23.2 Å². The number of aromatic nitrogens is 7. The van der Waals surface area contributed by atoms with Gasteiger partial charge in [0.15, 0.2) is 11.5 Å². The zero-order chi connectivity index (χ0) is 14.3. The van der Waals surface area contributed by atoms with Crippen LogP contribution < -0.4 is 0 Å². The third-order valence-electron chi connectivity index (χ3n) is 2.64. The first-order chi connectivity index (χ1) is 9.58. The molecule has 0 aliphatic carbocycles. The predicted octanol–water partition coefficient (Wildman–Crippen LogP) is 0.520. The second-order valence-electron chi connectivity index (χ2n) is 4.06. The zero-order valence-electron chi connectivity index (χ0n) is 10.9. The molecule has 0 fully saturated rings. The van der Waals surface area contributed by atoms with Crippen molar-refractivity contribution in [3.05, 3.63) is 17.3 Å². The summed E-state index contributed by atoms with van der Waals surface area (Å²) in [6.45, 7) is 4.75. The van der Waals surface area contributed by atoms with Gasteiger partial charge in [-0.1, -0.05) is 10.4 Å². The largest absolute Gasteiger partial charge is 0.339 e. The minimum Gasteiger partial charge on any atom is -0.339 e. The fraction of sp³-hybridized carbons (Fsp3) is 0.300. The highest BCUT2D eigenvalue weighted by Gasteiger charge is 2.23. The summed E-state index contributed by atoms with van der Waals surface area (Å²) in [5, 5.41) is 18.9. The maximum Gasteiger partial charge on any atom is 0.231 e. The van der Waals surface area contributed by atoms with Crippen LogP contribution in [0, 0.1) is 13.8 Å². The number of Topliss-reactive ketones (excluding diaryl/α,β-unsaturated/α-hetero) is 1. The van der Waals surface area contributed by atoms with E-state index in [1.54, 1.807) is 13.8 Å². The molecule has 10 heteroatoms. The molecule has 0 aliphatic heterocycles. The predicted molar refractivity (Wildman–Crippen MR) is 62.0 cm³/mol. The molecular formula is C10H9N7O3. The van der Waals surface area contributed by atoms with Crippen LogP contribution in [0.3, 0.4) is 0 Å². The molecule has 10 nitrogen and oxygen atoms in total. The van der Waals surface area contributed by atoms with Crippen molar-refractivity contribution in [1.29, 1.82) is 0 Å². The highest BCUT2D eigenvalue weighted by Crippen LogP contribution is 2.21. The van der Waals surface area contributed by atoms with Gasteiger partial charge >= 0.3 is 0 Å². The minimum absolute atomic E-state index is 0.192. The van der Waals surface area contributed by atoms with Crippen LogP contribution in [0.15, 0.2) is 9.15 Å². The lowest BCUT2D eigenvalue weighted by Crippen LogP contribution is -2.03. The first-order valence-electron chi connectivity index (χ1n) is 5.64. The molecule has 0 amide bonds. The third-order valence-corrected chi connectivity index (χ3v) is 2.64. The van der Waals surface area contributed by atoms with E-state index in [9.17, 15) is 4.79 Å². The topological polar surface area (TPSA) is 126 Å². The maximum absolute atomic E-state index is 11.4. The molecule has 0 aromatic carbocycles. The lowest BCUT2D eigenvalue weighted by atomic mass is 10.2. The standard InChI is InChI=1S/C10H9N7O3/c1-4-7(5(2)18)12-16-17(4)10-8(13-20-15-10)9-11-6(3)19-14-9/h1-3H3. The molecule has 0 bridgehead atoms. The summed E-state index contributed by atoms with van der Waals surface area (Å²) in [7, 11) is 0. The van der Waals surface area contributed by atoms with Crippen molar-refractivity contribution in [1.82, 2.24) is 35.4 Å². The Morgan fingerprint density at radius 3 is 2.60 bits per heavy atom. The van der Waals surface area contributed by atoms with Crippen molar-refractivity contribution in [3.63, 3.8) is 0 Å². The number of hydrogen-bond acceptors (Lipinski definition) is 9. The van der Waals surface area contributed by atoms with E-state index in [4.69, 9.17) is 9.15 Å². The first kappa shape index (κ1) is 12.1. The van der Waals surface area contributed by atoms with Crippen molar-refractivity contribution >= 4 is 5.78 Å². The molecule has 0 radical (unpaired) electrons. The van der Waals surface area contributed by atoms with E-state index >= 15 is 0 Å². The second kappa shape index (κ2) is 4.33. The summed E-state index contributed by atoms with van der Waals surface area (Å²) < 4.78 is 10.9. The number of ketones is 1. The van der Waals surface area contributed by atoms with Crippen molar-refractivity contribution in [2.75, 3.05) is 0 Å². The summed E-state index contributed by atoms with van der Waals surface area (Å²) in [6, 6.07) is 0. The number of rotatable bonds is 3. The van der Waals surface area contributed by atoms with Gasteiger partial charge < -0.3 is 4.52 Å². The minimum atomic E-state index is -0.192. The average Bonchev–Trinajstić information content (AvgIpc) is 3.07. The summed E-state index contributed by atoms with van der Waals surface area (Å²) in [5.74, 6) is 0.650. The van der Waals surface area contributed by atoms with Crippen LogP contribution in [-0.4, -0.2) is 41.2 Å². The average molecular weight is 275 g/mol. The normalized spacial score (nSPS) is 10.9. The molecule has 20 heavy (non-hydrogen) atoms. The fourth-order valence-corrected chi connectivity index (χ4v) is 1.71. The van der Waals surface area contributed by atoms with E-state index in [0.717, 1.165) is 0 Å². The van der Waals surface area contributed by atoms with E-state index in [-0.39, 0.29) is 28.8 Å². The van der Waals surface area contributed by atoms with Gasteiger partial charge in [0, 0.05) is 13.8 Å². The zero-order valence-corrected chi connectivity index (χ0v) is 10.9. The van der Waals surface area contributed by atoms with Crippen molar-refractivity contribution in [2.24, 2.45) is 0 Å². The molecule has 0 aliphatic rings. The van der Waals surface area contributed by atoms with Crippen LogP contribution in [0.25, 0.3) is 17.3 Å². The van der Waals surface area contributed by atoms with Crippen LogP contribution in [0.2, 0.25) is 0 Å². The molecule has 0 unspecified atom stereocenters. The lowest BCUT2D eigenvalue weighted by Gasteiger charge is -1.97. The van der Waals surface area contributed by atoms with E-state index in [0.29, 0.717) is 11.6 Å². The highest BCUT2D eigenvalue weighted by atomic mass is 16.6. The lowest BCUT2D eigenvalue weighted by molar-refractivity contribution is 0.101. The molecule has 0 saturated carbocycles. The van der Waals surface area contributed by atoms with Crippen LogP contribution in [-0.2, 0) is 0 Å². The van der Waals surface area contributed by atoms with Gasteiger partial charge in [-0.3, -0.25) is 4.79 Å². The van der Waals surface area contributed by atoms with Gasteiger partial charge in [-0.15, -0.1) is 5.10 Å². The van der Waals surface area contributed by atoms with Crippen LogP contribution in [0.5, 0.6) is 0 Å². The Morgan fingerprint density at radius 2 is 2.00 bits per heavy atom. The van der Waals surface area contributed by atoms with Gasteiger partial charge in [-0.25, -0.2) is 4.63 Å². The highest BCUT2D eigenvalue weighted by molar-refractivity contribution is 5.93. The summed E-state index contributed by atoms with van der Waals surface area (Å²) in [6.07, 6.45) is 0. The first-order valence-corrected chi connectivity index (χ1v) is 5.64. The molecule has 3 heterocycles. The van der Waals surface area contributed by atoms with E-state index in [1.165, 1.54) is 11.6 Å². The van der Waals surface area contributed by atoms with E-state index in [1.807, 2.05) is 0 Å². The van der Waals surface area contributed by atoms with Gasteiger partial charge in [-0.2, -0.15) is 9.67 Å². The number of nitrogens with zero attached hydrogens (tertiary/aromatic N) is 7. The summed E-state index contributed by atoms with van der Waals surface area (Å²) >= 11 is 0. The quantitative estimate of drug-likeness (QED) is 0.628. The Labute approximate surface area is 111 Å². The maximum atomic E-state index is 11.4. The molecule has 3 rings (SSSR count). The van der Waals surface area contributed by atoms with E-state index in [2.05, 4.69) is 30.8 Å². The van der Waals surface area contributed by atoms with Gasteiger partial charge in [0.05, 0.1) is 5.69 Å². The van der Waals surface area contributed by atoms with Gasteiger partial charge in [0.1, 0.15) is 0 Å². The Kier molecular flexibility index (Phi) is 2.63. The second-order valence-corrected chi connectivity index (χ2v) is 4.06. The van der Waals surface area contributed by atoms with Crippen LogP contribution in [0.1, 0.15) is 29.0 Å². The Bertz CT molecular complexity index is 784. The SMILES string of the molecule is CC(=O)c1nnn(-c2nonc2-c2noc(C)n2)c1C. The van der Waals surface area contributed by atoms with Gasteiger partial charge in [-0.05, 0) is 17.2 Å². The summed E-state index contributed by atoms with van der Waals surface area (Å²) in [5.41, 5.74) is 1.03. The molecule has 3 aromatic heterocycles. The van der Waals surface area contributed by atoms with E-state index < -0.39 is 0 Å². The number of carbonyl (C=O) groups excluding carboxylic acids is 1. The molecule has 3 aromatic rings. The molecule has 102 valence electrons. The van der Waals surface area contributed by atoms with Gasteiger partial charge in [0.25, 0.3) is 0 Å². The van der Waals surface area contributed by atoms with Crippen molar-refractivity contribution in [2.45, 2.75) is 20.8 Å². The molecule has 0 N–H and O–H groups in total. The Morgan fingerprint density at radius 1 is 1.20 bits per heavy atom. The van der Waals surface area contributed by atoms with Crippen LogP contribution in [0.4, 0.5) is 0 Å². The Hall–Kier alpha value is -2.91. The number of hydrogen-bond donors (Lipinski definition) is 0. The third kappa shape index (κ3) is 1.77. The smallest absolute Gasteiger partial charge is 0.231 e. The Balaban J connectivity index is 2.13. The van der Waals surface area contributed by atoms with Crippen molar-refractivity contribution in [3.8, 4) is 17.3 Å². The molecule has 0 atom stereocenters. The number of carbonyl (C=O) groups is 1. The molecular weight excluding hydrogens is 266 g/mol. The monoisotopic (exact) mass is 275 g/mol. The fourth-order valence-electron chi connectivity index (χ4n) is 1.71. The van der Waals surface area contributed by atoms with Crippen LogP contribution >= 0.6 is 0 Å². The van der Waals surface area contributed by atoms with Crippen molar-refractivity contribution < 1.29 is 13.9 Å².